The number of hydrogen-bond acceptors (Lipinski definition) is 3. The first-order valence-corrected chi connectivity index (χ1v) is 9.21. The Kier molecular flexibility index (Phi) is 5.23. The molecule has 2 rings (SSSR count). The smallest absolute Gasteiger partial charge is 0.244 e. The lowest BCUT2D eigenvalue weighted by Gasteiger charge is -2.22. The van der Waals surface area contributed by atoms with Crippen LogP contribution < -0.4 is 5.73 Å². The second kappa shape index (κ2) is 6.56. The lowest BCUT2D eigenvalue weighted by molar-refractivity contribution is 0.395. The molecule has 112 valence electrons. The molecule has 0 heterocycles. The van der Waals surface area contributed by atoms with Gasteiger partial charge in [0.2, 0.25) is 10.0 Å². The standard InChI is InChI=1S/C14H21BrN2O2S/c1-2-7-17(10-11-3-4-11)20(18,19)14-6-5-12(9-16)8-13(14)15/h5-6,8,11H,2-4,7,9-10,16H2,1H3. The largest absolute Gasteiger partial charge is 0.326 e. The van der Waals surface area contributed by atoms with Gasteiger partial charge in [-0.3, -0.25) is 0 Å². The highest BCUT2D eigenvalue weighted by Crippen LogP contribution is 2.33. The van der Waals surface area contributed by atoms with E-state index >= 15 is 0 Å². The van der Waals surface area contributed by atoms with Gasteiger partial charge in [0.15, 0.2) is 0 Å². The SMILES string of the molecule is CCCN(CC1CC1)S(=O)(=O)c1ccc(CN)cc1Br. The molecular formula is C14H21BrN2O2S. The van der Waals surface area contributed by atoms with E-state index in [1.807, 2.05) is 6.92 Å². The van der Waals surface area contributed by atoms with Crippen LogP contribution in [0.25, 0.3) is 0 Å². The first-order valence-electron chi connectivity index (χ1n) is 6.97. The molecule has 1 aromatic carbocycles. The molecule has 0 atom stereocenters. The van der Waals surface area contributed by atoms with E-state index in [-0.39, 0.29) is 0 Å². The molecule has 0 bridgehead atoms. The van der Waals surface area contributed by atoms with Gasteiger partial charge in [-0.2, -0.15) is 4.31 Å². The molecule has 20 heavy (non-hydrogen) atoms. The molecule has 4 nitrogen and oxygen atoms in total. The van der Waals surface area contributed by atoms with Gasteiger partial charge >= 0.3 is 0 Å². The highest BCUT2D eigenvalue weighted by Gasteiger charge is 2.32. The lowest BCUT2D eigenvalue weighted by atomic mass is 10.2. The summed E-state index contributed by atoms with van der Waals surface area (Å²) < 4.78 is 27.8. The van der Waals surface area contributed by atoms with E-state index in [1.165, 1.54) is 0 Å². The molecule has 0 spiro atoms. The summed E-state index contributed by atoms with van der Waals surface area (Å²) in [5.74, 6) is 0.540. The van der Waals surface area contributed by atoms with Gasteiger partial charge in [0.05, 0.1) is 4.90 Å². The fraction of sp³-hybridized carbons (Fsp3) is 0.571. The highest BCUT2D eigenvalue weighted by molar-refractivity contribution is 9.10. The van der Waals surface area contributed by atoms with Crippen LogP contribution in [0.4, 0.5) is 0 Å². The Balaban J connectivity index is 2.30. The fourth-order valence-corrected chi connectivity index (χ4v) is 4.86. The first kappa shape index (κ1) is 15.9. The number of nitrogens with two attached hydrogens (primary N) is 1. The summed E-state index contributed by atoms with van der Waals surface area (Å²) >= 11 is 3.36. The summed E-state index contributed by atoms with van der Waals surface area (Å²) in [7, 11) is -3.43. The van der Waals surface area contributed by atoms with Crippen LogP contribution in [0.1, 0.15) is 31.7 Å². The third-order valence-electron chi connectivity index (χ3n) is 3.48. The predicted octanol–water partition coefficient (Wildman–Crippen LogP) is 2.72. The Labute approximate surface area is 129 Å². The van der Waals surface area contributed by atoms with E-state index < -0.39 is 10.0 Å². The van der Waals surface area contributed by atoms with Gasteiger partial charge in [0.25, 0.3) is 0 Å². The van der Waals surface area contributed by atoms with Crippen molar-refractivity contribution in [2.24, 2.45) is 11.7 Å². The van der Waals surface area contributed by atoms with Gasteiger partial charge in [0, 0.05) is 24.1 Å². The molecule has 0 aromatic heterocycles. The highest BCUT2D eigenvalue weighted by atomic mass is 79.9. The second-order valence-corrected chi connectivity index (χ2v) is 8.04. The molecule has 0 radical (unpaired) electrons. The van der Waals surface area contributed by atoms with Gasteiger partial charge in [0.1, 0.15) is 0 Å². The van der Waals surface area contributed by atoms with Crippen LogP contribution in [0.5, 0.6) is 0 Å². The molecule has 0 saturated heterocycles. The van der Waals surface area contributed by atoms with Gasteiger partial charge < -0.3 is 5.73 Å². The van der Waals surface area contributed by atoms with Crippen molar-refractivity contribution in [2.45, 2.75) is 37.6 Å². The van der Waals surface area contributed by atoms with Crippen molar-refractivity contribution >= 4 is 26.0 Å². The average Bonchev–Trinajstić information content (AvgIpc) is 3.21. The van der Waals surface area contributed by atoms with Crippen molar-refractivity contribution in [3.63, 3.8) is 0 Å². The minimum atomic E-state index is -3.43. The van der Waals surface area contributed by atoms with Crippen LogP contribution in [0.3, 0.4) is 0 Å². The molecule has 1 aromatic rings. The fourth-order valence-electron chi connectivity index (χ4n) is 2.17. The van der Waals surface area contributed by atoms with Gasteiger partial charge in [-0.1, -0.05) is 13.0 Å². The Morgan fingerprint density at radius 3 is 2.60 bits per heavy atom. The topological polar surface area (TPSA) is 63.4 Å². The van der Waals surface area contributed by atoms with E-state index in [0.717, 1.165) is 24.8 Å². The van der Waals surface area contributed by atoms with Crippen molar-refractivity contribution < 1.29 is 8.42 Å². The van der Waals surface area contributed by atoms with Crippen molar-refractivity contribution in [1.82, 2.24) is 4.31 Å². The Morgan fingerprint density at radius 2 is 2.10 bits per heavy atom. The maximum atomic E-state index is 12.8. The Bertz CT molecular complexity index is 571. The molecular weight excluding hydrogens is 340 g/mol. The molecule has 1 aliphatic carbocycles. The van der Waals surface area contributed by atoms with E-state index in [2.05, 4.69) is 15.9 Å². The van der Waals surface area contributed by atoms with Crippen molar-refractivity contribution in [3.05, 3.63) is 28.2 Å². The van der Waals surface area contributed by atoms with Crippen LogP contribution in [0.2, 0.25) is 0 Å². The van der Waals surface area contributed by atoms with Crippen LogP contribution in [0, 0.1) is 5.92 Å². The van der Waals surface area contributed by atoms with Gasteiger partial charge in [-0.15, -0.1) is 0 Å². The quantitative estimate of drug-likeness (QED) is 0.812. The molecule has 0 amide bonds. The molecule has 1 saturated carbocycles. The van der Waals surface area contributed by atoms with Crippen LogP contribution >= 0.6 is 15.9 Å². The zero-order valence-corrected chi connectivity index (χ0v) is 14.1. The molecule has 1 aliphatic rings. The summed E-state index contributed by atoms with van der Waals surface area (Å²) in [5, 5.41) is 0. The van der Waals surface area contributed by atoms with Crippen LogP contribution in [-0.4, -0.2) is 25.8 Å². The maximum Gasteiger partial charge on any atom is 0.244 e. The van der Waals surface area contributed by atoms with Gasteiger partial charge in [-0.25, -0.2) is 8.42 Å². The zero-order valence-electron chi connectivity index (χ0n) is 11.7. The summed E-state index contributed by atoms with van der Waals surface area (Å²) in [5.41, 5.74) is 6.50. The van der Waals surface area contributed by atoms with Crippen molar-refractivity contribution in [1.29, 1.82) is 0 Å². The molecule has 6 heteroatoms. The average molecular weight is 361 g/mol. The monoisotopic (exact) mass is 360 g/mol. The minimum Gasteiger partial charge on any atom is -0.326 e. The number of halogens is 1. The predicted molar refractivity (Wildman–Crippen MR) is 83.8 cm³/mol. The third kappa shape index (κ3) is 3.61. The second-order valence-electron chi connectivity index (χ2n) is 5.28. The summed E-state index contributed by atoms with van der Waals surface area (Å²) in [6.45, 7) is 3.62. The summed E-state index contributed by atoms with van der Waals surface area (Å²) in [6.07, 6.45) is 3.11. The van der Waals surface area contributed by atoms with Crippen LogP contribution in [-0.2, 0) is 16.6 Å². The summed E-state index contributed by atoms with van der Waals surface area (Å²) in [4.78, 5) is 0.337. The maximum absolute atomic E-state index is 12.8. The Hall–Kier alpha value is -0.430. The van der Waals surface area contributed by atoms with Crippen LogP contribution in [0.15, 0.2) is 27.6 Å². The number of nitrogens with zero attached hydrogens (tertiary/aromatic N) is 1. The molecule has 2 N–H and O–H groups in total. The first-order chi connectivity index (χ1) is 9.48. The third-order valence-corrected chi connectivity index (χ3v) is 6.32. The Morgan fingerprint density at radius 1 is 1.40 bits per heavy atom. The number of sulfonamides is 1. The number of benzene rings is 1. The van der Waals surface area contributed by atoms with E-state index in [4.69, 9.17) is 5.73 Å². The number of hydrogen-bond donors (Lipinski definition) is 1. The molecule has 1 fully saturated rings. The van der Waals surface area contributed by atoms with E-state index in [9.17, 15) is 8.42 Å². The molecule has 0 aliphatic heterocycles. The number of rotatable bonds is 7. The zero-order chi connectivity index (χ0) is 14.8. The van der Waals surface area contributed by atoms with E-state index in [0.29, 0.717) is 34.9 Å². The minimum absolute atomic E-state index is 0.337. The van der Waals surface area contributed by atoms with Crippen molar-refractivity contribution in [3.8, 4) is 0 Å². The molecule has 0 unspecified atom stereocenters. The summed E-state index contributed by atoms with van der Waals surface area (Å²) in [6, 6.07) is 5.21. The van der Waals surface area contributed by atoms with Gasteiger partial charge in [-0.05, 0) is 58.8 Å². The van der Waals surface area contributed by atoms with Crippen molar-refractivity contribution in [2.75, 3.05) is 13.1 Å². The lowest BCUT2D eigenvalue weighted by Crippen LogP contribution is -2.33. The normalized spacial score (nSPS) is 15.8. The van der Waals surface area contributed by atoms with E-state index in [1.54, 1.807) is 22.5 Å².